The second kappa shape index (κ2) is 8.12. The molecule has 2 aromatic carbocycles. The third kappa shape index (κ3) is 4.13. The van der Waals surface area contributed by atoms with Gasteiger partial charge in [-0.3, -0.25) is 4.79 Å². The highest BCUT2D eigenvalue weighted by Crippen LogP contribution is 2.23. The van der Waals surface area contributed by atoms with Crippen molar-refractivity contribution < 1.29 is 9.18 Å². The fraction of sp³-hybridized carbons (Fsp3) is 0.0909. The highest BCUT2D eigenvalue weighted by atomic mass is 35.5. The molecule has 0 unspecified atom stereocenters. The number of nitriles is 1. The molecule has 0 atom stereocenters. The summed E-state index contributed by atoms with van der Waals surface area (Å²) in [6, 6.07) is 16.7. The number of carbonyl (C=O) groups is 1. The number of halogens is 2. The molecule has 0 aliphatic heterocycles. The molecule has 1 heterocycles. The molecule has 0 aliphatic carbocycles. The summed E-state index contributed by atoms with van der Waals surface area (Å²) in [5.41, 5.74) is 3.57. The second-order valence-corrected chi connectivity index (χ2v) is 6.71. The summed E-state index contributed by atoms with van der Waals surface area (Å²) in [5.74, 6) is -0.845. The Balaban J connectivity index is 1.93. The van der Waals surface area contributed by atoms with Gasteiger partial charge in [0.2, 0.25) is 0 Å². The van der Waals surface area contributed by atoms with Gasteiger partial charge in [0, 0.05) is 27.8 Å². The molecule has 1 amide bonds. The van der Waals surface area contributed by atoms with Gasteiger partial charge in [-0.05, 0) is 74.0 Å². The topological polar surface area (TPSA) is 57.8 Å². The van der Waals surface area contributed by atoms with Gasteiger partial charge in [0.1, 0.15) is 17.5 Å². The van der Waals surface area contributed by atoms with Crippen LogP contribution in [0.4, 0.5) is 10.1 Å². The molecule has 0 aliphatic rings. The first kappa shape index (κ1) is 19.4. The normalized spacial score (nSPS) is 11.2. The van der Waals surface area contributed by atoms with Gasteiger partial charge in [-0.15, -0.1) is 0 Å². The number of anilines is 1. The van der Waals surface area contributed by atoms with Crippen LogP contribution < -0.4 is 5.32 Å². The first-order chi connectivity index (χ1) is 13.4. The minimum absolute atomic E-state index is 0.0329. The lowest BCUT2D eigenvalue weighted by molar-refractivity contribution is -0.112. The van der Waals surface area contributed by atoms with Crippen molar-refractivity contribution in [2.45, 2.75) is 13.8 Å². The van der Waals surface area contributed by atoms with E-state index in [1.54, 1.807) is 36.4 Å². The number of amides is 1. The van der Waals surface area contributed by atoms with Crippen molar-refractivity contribution in [3.8, 4) is 11.8 Å². The van der Waals surface area contributed by atoms with Crippen LogP contribution in [-0.4, -0.2) is 10.5 Å². The van der Waals surface area contributed by atoms with E-state index >= 15 is 0 Å². The lowest BCUT2D eigenvalue weighted by atomic mass is 10.1. The number of rotatable bonds is 4. The van der Waals surface area contributed by atoms with E-state index in [9.17, 15) is 14.4 Å². The van der Waals surface area contributed by atoms with E-state index in [1.807, 2.05) is 30.6 Å². The van der Waals surface area contributed by atoms with Crippen LogP contribution in [0.25, 0.3) is 11.8 Å². The zero-order valence-electron chi connectivity index (χ0n) is 15.3. The minimum Gasteiger partial charge on any atom is -0.321 e. The lowest BCUT2D eigenvalue weighted by Gasteiger charge is -2.09. The van der Waals surface area contributed by atoms with Crippen molar-refractivity contribution in [1.29, 1.82) is 5.26 Å². The number of nitrogens with one attached hydrogen (secondary N) is 1. The molecule has 4 nitrogen and oxygen atoms in total. The number of nitrogens with zero attached hydrogens (tertiary/aromatic N) is 2. The highest BCUT2D eigenvalue weighted by molar-refractivity contribution is 6.30. The molecule has 3 aromatic rings. The van der Waals surface area contributed by atoms with Crippen LogP contribution in [0, 0.1) is 31.0 Å². The van der Waals surface area contributed by atoms with Crippen LogP contribution >= 0.6 is 11.6 Å². The van der Waals surface area contributed by atoms with Crippen molar-refractivity contribution in [3.63, 3.8) is 0 Å². The number of benzene rings is 2. The smallest absolute Gasteiger partial charge is 0.266 e. The average Bonchev–Trinajstić information content (AvgIpc) is 2.94. The largest absolute Gasteiger partial charge is 0.321 e. The van der Waals surface area contributed by atoms with E-state index in [0.717, 1.165) is 11.4 Å². The summed E-state index contributed by atoms with van der Waals surface area (Å²) in [6.45, 7) is 3.74. The number of hydrogen-bond acceptors (Lipinski definition) is 2. The van der Waals surface area contributed by atoms with Crippen LogP contribution in [0.5, 0.6) is 0 Å². The molecular formula is C22H17ClFN3O. The van der Waals surface area contributed by atoms with Gasteiger partial charge in [0.15, 0.2) is 0 Å². The number of aryl methyl sites for hydroxylation is 1. The summed E-state index contributed by atoms with van der Waals surface area (Å²) in [4.78, 5) is 12.5. The quantitative estimate of drug-likeness (QED) is 0.474. The second-order valence-electron chi connectivity index (χ2n) is 6.27. The van der Waals surface area contributed by atoms with E-state index < -0.39 is 5.91 Å². The highest BCUT2D eigenvalue weighted by Gasteiger charge is 2.14. The van der Waals surface area contributed by atoms with Crippen LogP contribution in [0.1, 0.15) is 17.0 Å². The Labute approximate surface area is 167 Å². The summed E-state index contributed by atoms with van der Waals surface area (Å²) >= 11 is 5.84. The van der Waals surface area contributed by atoms with Gasteiger partial charge >= 0.3 is 0 Å². The number of hydrogen-bond donors (Lipinski definition) is 1. The maximum Gasteiger partial charge on any atom is 0.266 e. The summed E-state index contributed by atoms with van der Waals surface area (Å²) < 4.78 is 15.5. The first-order valence-electron chi connectivity index (χ1n) is 8.52. The third-order valence-electron chi connectivity index (χ3n) is 4.30. The van der Waals surface area contributed by atoms with Crippen LogP contribution in [0.2, 0.25) is 5.02 Å². The molecule has 1 N–H and O–H groups in total. The molecule has 1 aromatic heterocycles. The van der Waals surface area contributed by atoms with Crippen LogP contribution in [-0.2, 0) is 4.79 Å². The molecule has 140 valence electrons. The van der Waals surface area contributed by atoms with E-state index in [1.165, 1.54) is 18.2 Å². The van der Waals surface area contributed by atoms with E-state index in [0.29, 0.717) is 22.0 Å². The van der Waals surface area contributed by atoms with E-state index in [4.69, 9.17) is 11.6 Å². The molecule has 0 bridgehead atoms. The summed E-state index contributed by atoms with van der Waals surface area (Å²) in [5, 5.41) is 12.7. The standard InChI is InChI=1S/C22H17ClFN3O/c1-14-10-16(15(2)27(14)21-5-3-4-19(24)12-21)11-17(13-25)22(28)26-20-8-6-18(23)7-9-20/h3-12H,1-2H3,(H,26,28)/b17-11-. The number of carbonyl (C=O) groups excluding carboxylic acids is 1. The van der Waals surface area contributed by atoms with Gasteiger partial charge in [-0.25, -0.2) is 4.39 Å². The molecule has 3 rings (SSSR count). The van der Waals surface area contributed by atoms with Gasteiger partial charge in [-0.1, -0.05) is 17.7 Å². The third-order valence-corrected chi connectivity index (χ3v) is 4.56. The molecule has 6 heteroatoms. The molecule has 0 radical (unpaired) electrons. The van der Waals surface area contributed by atoms with Crippen molar-refractivity contribution in [1.82, 2.24) is 4.57 Å². The Bertz CT molecular complexity index is 1110. The van der Waals surface area contributed by atoms with Crippen molar-refractivity contribution >= 4 is 29.3 Å². The van der Waals surface area contributed by atoms with Crippen molar-refractivity contribution in [2.75, 3.05) is 5.32 Å². The zero-order chi connectivity index (χ0) is 20.3. The van der Waals surface area contributed by atoms with Crippen LogP contribution in [0.15, 0.2) is 60.2 Å². The Morgan fingerprint density at radius 3 is 2.54 bits per heavy atom. The number of aromatic nitrogens is 1. The molecule has 0 saturated heterocycles. The van der Waals surface area contributed by atoms with Gasteiger partial charge in [-0.2, -0.15) is 5.26 Å². The summed E-state index contributed by atoms with van der Waals surface area (Å²) in [6.07, 6.45) is 1.53. The fourth-order valence-corrected chi connectivity index (χ4v) is 3.11. The van der Waals surface area contributed by atoms with E-state index in [-0.39, 0.29) is 11.4 Å². The van der Waals surface area contributed by atoms with Crippen molar-refractivity contribution in [2.24, 2.45) is 0 Å². The zero-order valence-corrected chi connectivity index (χ0v) is 16.1. The fourth-order valence-electron chi connectivity index (χ4n) is 2.98. The Hall–Kier alpha value is -3.36. The minimum atomic E-state index is -0.514. The molecule has 0 fully saturated rings. The molecular weight excluding hydrogens is 377 g/mol. The molecule has 28 heavy (non-hydrogen) atoms. The monoisotopic (exact) mass is 393 g/mol. The summed E-state index contributed by atoms with van der Waals surface area (Å²) in [7, 11) is 0. The Morgan fingerprint density at radius 1 is 1.18 bits per heavy atom. The maximum atomic E-state index is 13.6. The van der Waals surface area contributed by atoms with Crippen LogP contribution in [0.3, 0.4) is 0 Å². The molecule has 0 saturated carbocycles. The Morgan fingerprint density at radius 2 is 1.89 bits per heavy atom. The maximum absolute atomic E-state index is 13.6. The SMILES string of the molecule is Cc1cc(/C=C(/C#N)C(=O)Nc2ccc(Cl)cc2)c(C)n1-c1cccc(F)c1. The average molecular weight is 394 g/mol. The van der Waals surface area contributed by atoms with Gasteiger partial charge in [0.25, 0.3) is 5.91 Å². The Kier molecular flexibility index (Phi) is 5.62. The predicted octanol–water partition coefficient (Wildman–Crippen LogP) is 5.43. The predicted molar refractivity (Wildman–Crippen MR) is 109 cm³/mol. The first-order valence-corrected chi connectivity index (χ1v) is 8.90. The van der Waals surface area contributed by atoms with E-state index in [2.05, 4.69) is 5.32 Å². The van der Waals surface area contributed by atoms with Crippen molar-refractivity contribution in [3.05, 3.63) is 88.0 Å². The van der Waals surface area contributed by atoms with Gasteiger partial charge in [0.05, 0.1) is 0 Å². The lowest BCUT2D eigenvalue weighted by Crippen LogP contribution is -2.13. The van der Waals surface area contributed by atoms with Gasteiger partial charge < -0.3 is 9.88 Å². The molecule has 0 spiro atoms.